The monoisotopic (exact) mass is 243 g/mol. The maximum atomic E-state index is 5.44. The normalized spacial score (nSPS) is 12.7. The minimum absolute atomic E-state index is 0.216. The molecule has 1 N–H and O–H groups in total. The lowest BCUT2D eigenvalue weighted by atomic mass is 9.93. The number of rotatable bonds is 4. The van der Waals surface area contributed by atoms with Gasteiger partial charge in [-0.25, -0.2) is 0 Å². The van der Waals surface area contributed by atoms with Crippen LogP contribution in [0.2, 0.25) is 0 Å². The SMILES string of the molecule is CCNC(c1ccoc1C)c1cccc(C)c1C. The van der Waals surface area contributed by atoms with E-state index in [2.05, 4.69) is 50.4 Å². The van der Waals surface area contributed by atoms with Crippen molar-refractivity contribution >= 4 is 0 Å². The van der Waals surface area contributed by atoms with E-state index >= 15 is 0 Å². The Kier molecular flexibility index (Phi) is 3.87. The van der Waals surface area contributed by atoms with E-state index in [9.17, 15) is 0 Å². The van der Waals surface area contributed by atoms with Gasteiger partial charge in [0.2, 0.25) is 0 Å². The molecule has 1 atom stereocenters. The van der Waals surface area contributed by atoms with E-state index in [1.54, 1.807) is 6.26 Å². The van der Waals surface area contributed by atoms with Crippen LogP contribution >= 0.6 is 0 Å². The Bertz CT molecular complexity index is 528. The van der Waals surface area contributed by atoms with Gasteiger partial charge < -0.3 is 9.73 Å². The second kappa shape index (κ2) is 5.40. The van der Waals surface area contributed by atoms with E-state index in [1.807, 2.05) is 6.92 Å². The summed E-state index contributed by atoms with van der Waals surface area (Å²) in [6.45, 7) is 9.43. The van der Waals surface area contributed by atoms with Crippen LogP contribution in [-0.4, -0.2) is 6.54 Å². The number of aryl methyl sites for hydroxylation is 2. The molecule has 2 heteroatoms. The topological polar surface area (TPSA) is 25.2 Å². The zero-order valence-electron chi connectivity index (χ0n) is 11.6. The molecule has 2 nitrogen and oxygen atoms in total. The Morgan fingerprint density at radius 2 is 1.89 bits per heavy atom. The minimum atomic E-state index is 0.216. The molecule has 1 aromatic carbocycles. The molecular weight excluding hydrogens is 222 g/mol. The molecule has 0 aliphatic carbocycles. The predicted octanol–water partition coefficient (Wildman–Crippen LogP) is 3.90. The van der Waals surface area contributed by atoms with Crippen LogP contribution in [-0.2, 0) is 0 Å². The number of nitrogens with one attached hydrogen (secondary N) is 1. The van der Waals surface area contributed by atoms with Crippen LogP contribution in [0.3, 0.4) is 0 Å². The molecule has 1 unspecified atom stereocenters. The van der Waals surface area contributed by atoms with Crippen molar-refractivity contribution in [1.29, 1.82) is 0 Å². The van der Waals surface area contributed by atoms with Gasteiger partial charge in [-0.3, -0.25) is 0 Å². The van der Waals surface area contributed by atoms with Crippen LogP contribution in [0.5, 0.6) is 0 Å². The summed E-state index contributed by atoms with van der Waals surface area (Å²) in [5, 5.41) is 3.55. The average Bonchev–Trinajstić information content (AvgIpc) is 2.76. The molecule has 0 bridgehead atoms. The standard InChI is InChI=1S/C16H21NO/c1-5-17-16(15-9-10-18-13(15)4)14-8-6-7-11(2)12(14)3/h6-10,16-17H,5H2,1-4H3. The van der Waals surface area contributed by atoms with Gasteiger partial charge >= 0.3 is 0 Å². The Labute approximate surface area is 109 Å². The van der Waals surface area contributed by atoms with Crippen molar-refractivity contribution in [3.8, 4) is 0 Å². The van der Waals surface area contributed by atoms with Gasteiger partial charge in [0, 0.05) is 5.56 Å². The van der Waals surface area contributed by atoms with Gasteiger partial charge in [0.1, 0.15) is 5.76 Å². The number of furan rings is 1. The number of benzene rings is 1. The molecule has 0 aliphatic rings. The first kappa shape index (κ1) is 12.9. The van der Waals surface area contributed by atoms with Gasteiger partial charge in [-0.05, 0) is 50.1 Å². The van der Waals surface area contributed by atoms with Crippen LogP contribution in [0.15, 0.2) is 34.9 Å². The predicted molar refractivity (Wildman–Crippen MR) is 74.9 cm³/mol. The van der Waals surface area contributed by atoms with Crippen LogP contribution < -0.4 is 5.32 Å². The molecule has 0 aliphatic heterocycles. The first-order chi connectivity index (χ1) is 8.65. The molecule has 1 aromatic heterocycles. The lowest BCUT2D eigenvalue weighted by molar-refractivity contribution is 0.519. The smallest absolute Gasteiger partial charge is 0.105 e. The van der Waals surface area contributed by atoms with Crippen molar-refractivity contribution in [2.24, 2.45) is 0 Å². The summed E-state index contributed by atoms with van der Waals surface area (Å²) in [7, 11) is 0. The maximum Gasteiger partial charge on any atom is 0.105 e. The summed E-state index contributed by atoms with van der Waals surface area (Å²) in [6.07, 6.45) is 1.76. The number of hydrogen-bond donors (Lipinski definition) is 1. The van der Waals surface area contributed by atoms with Crippen molar-refractivity contribution in [2.45, 2.75) is 33.7 Å². The van der Waals surface area contributed by atoms with Crippen LogP contribution in [0.4, 0.5) is 0 Å². The first-order valence-electron chi connectivity index (χ1n) is 6.48. The minimum Gasteiger partial charge on any atom is -0.469 e. The van der Waals surface area contributed by atoms with Gasteiger partial charge in [-0.15, -0.1) is 0 Å². The van der Waals surface area contributed by atoms with Gasteiger partial charge in [0.25, 0.3) is 0 Å². The van der Waals surface area contributed by atoms with E-state index in [1.165, 1.54) is 22.3 Å². The molecule has 2 aromatic rings. The van der Waals surface area contributed by atoms with E-state index in [0.29, 0.717) is 0 Å². The second-order valence-electron chi connectivity index (χ2n) is 4.71. The molecule has 0 saturated heterocycles. The average molecular weight is 243 g/mol. The molecule has 2 rings (SSSR count). The lowest BCUT2D eigenvalue weighted by Crippen LogP contribution is -2.23. The van der Waals surface area contributed by atoms with Crippen molar-refractivity contribution in [2.75, 3.05) is 6.54 Å². The van der Waals surface area contributed by atoms with E-state index in [0.717, 1.165) is 12.3 Å². The van der Waals surface area contributed by atoms with Crippen LogP contribution in [0, 0.1) is 20.8 Å². The highest BCUT2D eigenvalue weighted by atomic mass is 16.3. The van der Waals surface area contributed by atoms with Crippen molar-refractivity contribution in [3.63, 3.8) is 0 Å². The third kappa shape index (κ3) is 2.34. The van der Waals surface area contributed by atoms with Crippen molar-refractivity contribution in [1.82, 2.24) is 5.32 Å². The van der Waals surface area contributed by atoms with Gasteiger partial charge in [0.05, 0.1) is 12.3 Å². The van der Waals surface area contributed by atoms with E-state index < -0.39 is 0 Å². The summed E-state index contributed by atoms with van der Waals surface area (Å²) < 4.78 is 5.44. The van der Waals surface area contributed by atoms with Gasteiger partial charge in [-0.1, -0.05) is 25.1 Å². The highest BCUT2D eigenvalue weighted by Gasteiger charge is 2.19. The van der Waals surface area contributed by atoms with Crippen LogP contribution in [0.25, 0.3) is 0 Å². The molecule has 0 radical (unpaired) electrons. The second-order valence-corrected chi connectivity index (χ2v) is 4.71. The summed E-state index contributed by atoms with van der Waals surface area (Å²) in [4.78, 5) is 0. The summed E-state index contributed by atoms with van der Waals surface area (Å²) in [5.74, 6) is 0.988. The Balaban J connectivity index is 2.48. The fourth-order valence-corrected chi connectivity index (χ4v) is 2.37. The Hall–Kier alpha value is -1.54. The number of hydrogen-bond acceptors (Lipinski definition) is 2. The largest absolute Gasteiger partial charge is 0.469 e. The lowest BCUT2D eigenvalue weighted by Gasteiger charge is -2.21. The van der Waals surface area contributed by atoms with Gasteiger partial charge in [0.15, 0.2) is 0 Å². The Morgan fingerprint density at radius 1 is 1.11 bits per heavy atom. The molecule has 0 amide bonds. The quantitative estimate of drug-likeness (QED) is 0.881. The Morgan fingerprint density at radius 3 is 2.50 bits per heavy atom. The van der Waals surface area contributed by atoms with Gasteiger partial charge in [-0.2, -0.15) is 0 Å². The summed E-state index contributed by atoms with van der Waals surface area (Å²) in [6, 6.07) is 8.75. The van der Waals surface area contributed by atoms with Crippen molar-refractivity contribution < 1.29 is 4.42 Å². The van der Waals surface area contributed by atoms with Crippen molar-refractivity contribution in [3.05, 3.63) is 58.5 Å². The molecule has 0 spiro atoms. The summed E-state index contributed by atoms with van der Waals surface area (Å²) >= 11 is 0. The van der Waals surface area contributed by atoms with E-state index in [-0.39, 0.29) is 6.04 Å². The highest BCUT2D eigenvalue weighted by molar-refractivity contribution is 5.41. The third-order valence-corrected chi connectivity index (χ3v) is 3.58. The summed E-state index contributed by atoms with van der Waals surface area (Å²) in [5.41, 5.74) is 5.24. The first-order valence-corrected chi connectivity index (χ1v) is 6.48. The molecular formula is C16H21NO. The molecule has 0 saturated carbocycles. The molecule has 1 heterocycles. The maximum absolute atomic E-state index is 5.44. The van der Waals surface area contributed by atoms with Crippen LogP contribution in [0.1, 0.15) is 41.0 Å². The zero-order valence-corrected chi connectivity index (χ0v) is 11.6. The molecule has 18 heavy (non-hydrogen) atoms. The zero-order chi connectivity index (χ0) is 13.1. The molecule has 0 fully saturated rings. The molecule has 96 valence electrons. The van der Waals surface area contributed by atoms with E-state index in [4.69, 9.17) is 4.42 Å². The highest BCUT2D eigenvalue weighted by Crippen LogP contribution is 2.29. The fraction of sp³-hybridized carbons (Fsp3) is 0.375. The fourth-order valence-electron chi connectivity index (χ4n) is 2.37. The third-order valence-electron chi connectivity index (χ3n) is 3.58.